The molecule has 0 radical (unpaired) electrons. The first-order valence-electron chi connectivity index (χ1n) is 5.25. The molecule has 1 atom stereocenters. The standard InChI is InChI=1S/C13H15FN2/c14-12-7-6-11(15)9-13(12,16)8-10-4-2-1-3-5-10/h1-7H,8-9,15-16H2. The molecule has 2 rings (SSSR count). The number of allylic oxidation sites excluding steroid dienone is 2. The van der Waals surface area contributed by atoms with E-state index in [0.717, 1.165) is 5.56 Å². The van der Waals surface area contributed by atoms with Crippen LogP contribution in [0.2, 0.25) is 0 Å². The Kier molecular flexibility index (Phi) is 2.79. The zero-order chi connectivity index (χ0) is 11.6. The molecule has 84 valence electrons. The highest BCUT2D eigenvalue weighted by molar-refractivity contribution is 5.32. The molecule has 0 spiro atoms. The van der Waals surface area contributed by atoms with Gasteiger partial charge in [0.05, 0.1) is 5.54 Å². The zero-order valence-electron chi connectivity index (χ0n) is 8.99. The molecule has 1 aromatic rings. The highest BCUT2D eigenvalue weighted by Gasteiger charge is 2.33. The van der Waals surface area contributed by atoms with Crippen LogP contribution in [0.5, 0.6) is 0 Å². The molecule has 0 aromatic heterocycles. The Balaban J connectivity index is 2.22. The summed E-state index contributed by atoms with van der Waals surface area (Å²) >= 11 is 0. The highest BCUT2D eigenvalue weighted by Crippen LogP contribution is 2.29. The van der Waals surface area contributed by atoms with E-state index in [9.17, 15) is 4.39 Å². The Bertz CT molecular complexity index is 437. The molecular formula is C13H15FN2. The van der Waals surface area contributed by atoms with E-state index in [1.807, 2.05) is 30.3 Å². The van der Waals surface area contributed by atoms with Crippen LogP contribution in [0.15, 0.2) is 54.0 Å². The first-order chi connectivity index (χ1) is 7.60. The Labute approximate surface area is 94.4 Å². The maximum absolute atomic E-state index is 13.7. The maximum Gasteiger partial charge on any atom is 0.121 e. The van der Waals surface area contributed by atoms with E-state index in [4.69, 9.17) is 11.5 Å². The van der Waals surface area contributed by atoms with Gasteiger partial charge in [0.1, 0.15) is 5.83 Å². The van der Waals surface area contributed by atoms with Crippen LogP contribution in [0.25, 0.3) is 0 Å². The van der Waals surface area contributed by atoms with Crippen LogP contribution < -0.4 is 11.5 Å². The zero-order valence-corrected chi connectivity index (χ0v) is 8.99. The first-order valence-corrected chi connectivity index (χ1v) is 5.25. The number of benzene rings is 1. The summed E-state index contributed by atoms with van der Waals surface area (Å²) in [6, 6.07) is 9.64. The second-order valence-corrected chi connectivity index (χ2v) is 4.25. The topological polar surface area (TPSA) is 52.0 Å². The van der Waals surface area contributed by atoms with Crippen LogP contribution in [0.4, 0.5) is 4.39 Å². The van der Waals surface area contributed by atoms with Crippen LogP contribution >= 0.6 is 0 Å². The normalized spacial score (nSPS) is 24.9. The Morgan fingerprint density at radius 2 is 1.88 bits per heavy atom. The molecule has 1 aliphatic rings. The maximum atomic E-state index is 13.7. The lowest BCUT2D eigenvalue weighted by atomic mass is 9.83. The van der Waals surface area contributed by atoms with Crippen LogP contribution in [0.3, 0.4) is 0 Å². The third-order valence-corrected chi connectivity index (χ3v) is 2.80. The van der Waals surface area contributed by atoms with E-state index in [1.54, 1.807) is 6.08 Å². The van der Waals surface area contributed by atoms with Crippen molar-refractivity contribution in [1.82, 2.24) is 0 Å². The monoisotopic (exact) mass is 218 g/mol. The number of hydrogen-bond acceptors (Lipinski definition) is 2. The second kappa shape index (κ2) is 4.10. The minimum Gasteiger partial charge on any atom is -0.402 e. The summed E-state index contributed by atoms with van der Waals surface area (Å²) in [4.78, 5) is 0. The van der Waals surface area contributed by atoms with Gasteiger partial charge in [-0.1, -0.05) is 30.3 Å². The van der Waals surface area contributed by atoms with Gasteiger partial charge in [-0.15, -0.1) is 0 Å². The van der Waals surface area contributed by atoms with E-state index in [0.29, 0.717) is 18.5 Å². The van der Waals surface area contributed by atoms with Gasteiger partial charge in [0.25, 0.3) is 0 Å². The second-order valence-electron chi connectivity index (χ2n) is 4.25. The van der Waals surface area contributed by atoms with Crippen LogP contribution in [-0.4, -0.2) is 5.54 Å². The SMILES string of the molecule is NC1=CC=C(F)C(N)(Cc2ccccc2)C1. The summed E-state index contributed by atoms with van der Waals surface area (Å²) in [6.45, 7) is 0. The van der Waals surface area contributed by atoms with Crippen molar-refractivity contribution in [2.24, 2.45) is 11.5 Å². The molecule has 0 saturated heterocycles. The fraction of sp³-hybridized carbons (Fsp3) is 0.231. The van der Waals surface area contributed by atoms with E-state index >= 15 is 0 Å². The minimum absolute atomic E-state index is 0.300. The van der Waals surface area contributed by atoms with Crippen molar-refractivity contribution >= 4 is 0 Å². The summed E-state index contributed by atoms with van der Waals surface area (Å²) in [6.07, 6.45) is 3.77. The molecule has 0 saturated carbocycles. The van der Waals surface area contributed by atoms with E-state index in [-0.39, 0.29) is 5.83 Å². The van der Waals surface area contributed by atoms with Crippen LogP contribution in [-0.2, 0) is 6.42 Å². The van der Waals surface area contributed by atoms with Crippen molar-refractivity contribution in [2.75, 3.05) is 0 Å². The minimum atomic E-state index is -0.986. The fourth-order valence-electron chi connectivity index (χ4n) is 1.96. The molecule has 0 fully saturated rings. The van der Waals surface area contributed by atoms with Crippen molar-refractivity contribution in [3.63, 3.8) is 0 Å². The predicted octanol–water partition coefficient (Wildman–Crippen LogP) is 2.03. The summed E-state index contributed by atoms with van der Waals surface area (Å²) < 4.78 is 13.7. The summed E-state index contributed by atoms with van der Waals surface area (Å²) in [5.41, 5.74) is 12.4. The molecule has 0 aliphatic heterocycles. The molecule has 0 amide bonds. The van der Waals surface area contributed by atoms with Gasteiger partial charge in [0, 0.05) is 12.1 Å². The molecular weight excluding hydrogens is 203 g/mol. The fourth-order valence-corrected chi connectivity index (χ4v) is 1.96. The van der Waals surface area contributed by atoms with Crippen molar-refractivity contribution < 1.29 is 4.39 Å². The van der Waals surface area contributed by atoms with Gasteiger partial charge in [-0.25, -0.2) is 4.39 Å². The molecule has 1 aromatic carbocycles. The average Bonchev–Trinajstić information content (AvgIpc) is 2.25. The molecule has 2 nitrogen and oxygen atoms in total. The van der Waals surface area contributed by atoms with E-state index in [1.165, 1.54) is 6.08 Å². The van der Waals surface area contributed by atoms with Gasteiger partial charge in [-0.05, 0) is 24.1 Å². The van der Waals surface area contributed by atoms with Gasteiger partial charge in [-0.2, -0.15) is 0 Å². The Hall–Kier alpha value is -1.61. The number of halogens is 1. The summed E-state index contributed by atoms with van der Waals surface area (Å²) in [7, 11) is 0. The smallest absolute Gasteiger partial charge is 0.121 e. The third-order valence-electron chi connectivity index (χ3n) is 2.80. The highest BCUT2D eigenvalue weighted by atomic mass is 19.1. The molecule has 1 unspecified atom stereocenters. The van der Waals surface area contributed by atoms with Crippen molar-refractivity contribution in [3.05, 3.63) is 59.6 Å². The number of nitrogens with two attached hydrogens (primary N) is 2. The van der Waals surface area contributed by atoms with Crippen LogP contribution in [0.1, 0.15) is 12.0 Å². The summed E-state index contributed by atoms with van der Waals surface area (Å²) in [5.74, 6) is -0.300. The van der Waals surface area contributed by atoms with Crippen molar-refractivity contribution in [1.29, 1.82) is 0 Å². The Morgan fingerprint density at radius 3 is 2.56 bits per heavy atom. The van der Waals surface area contributed by atoms with Crippen molar-refractivity contribution in [3.8, 4) is 0 Å². The number of rotatable bonds is 2. The molecule has 0 bridgehead atoms. The van der Waals surface area contributed by atoms with Gasteiger partial charge in [-0.3, -0.25) is 0 Å². The molecule has 4 N–H and O–H groups in total. The van der Waals surface area contributed by atoms with Gasteiger partial charge < -0.3 is 11.5 Å². The first kappa shape index (κ1) is 10.9. The van der Waals surface area contributed by atoms with E-state index in [2.05, 4.69) is 0 Å². The van der Waals surface area contributed by atoms with Gasteiger partial charge in [0.15, 0.2) is 0 Å². The quantitative estimate of drug-likeness (QED) is 0.798. The molecule has 0 heterocycles. The number of hydrogen-bond donors (Lipinski definition) is 2. The predicted molar refractivity (Wildman–Crippen MR) is 63.1 cm³/mol. The largest absolute Gasteiger partial charge is 0.402 e. The van der Waals surface area contributed by atoms with Crippen molar-refractivity contribution in [2.45, 2.75) is 18.4 Å². The van der Waals surface area contributed by atoms with Crippen LogP contribution in [0, 0.1) is 0 Å². The summed E-state index contributed by atoms with van der Waals surface area (Å²) in [5, 5.41) is 0. The Morgan fingerprint density at radius 1 is 1.19 bits per heavy atom. The van der Waals surface area contributed by atoms with E-state index < -0.39 is 5.54 Å². The lowest BCUT2D eigenvalue weighted by Crippen LogP contribution is -2.45. The molecule has 1 aliphatic carbocycles. The van der Waals surface area contributed by atoms with Gasteiger partial charge >= 0.3 is 0 Å². The third kappa shape index (κ3) is 2.14. The lowest BCUT2D eigenvalue weighted by Gasteiger charge is -2.30. The molecule has 3 heteroatoms. The lowest BCUT2D eigenvalue weighted by molar-refractivity contribution is 0.383. The molecule has 16 heavy (non-hydrogen) atoms. The average molecular weight is 218 g/mol. The van der Waals surface area contributed by atoms with Gasteiger partial charge in [0.2, 0.25) is 0 Å².